The van der Waals surface area contributed by atoms with Crippen LogP contribution in [0.1, 0.15) is 29.2 Å². The molecule has 1 aliphatic carbocycles. The van der Waals surface area contributed by atoms with E-state index in [1.807, 2.05) is 18.2 Å². The average Bonchev–Trinajstić information content (AvgIpc) is 2.60. The van der Waals surface area contributed by atoms with Crippen LogP contribution in [-0.2, 0) is 6.61 Å². The summed E-state index contributed by atoms with van der Waals surface area (Å²) in [5.41, 5.74) is 1.82. The molecular formula is C19H17FIN3O. The molecule has 4 nitrogen and oxygen atoms in total. The van der Waals surface area contributed by atoms with Crippen molar-refractivity contribution in [3.63, 3.8) is 0 Å². The topological polar surface area (TPSA) is 49.1 Å². The zero-order valence-electron chi connectivity index (χ0n) is 13.5. The molecule has 2 unspecified atom stereocenters. The molecular weight excluding hydrogens is 432 g/mol. The van der Waals surface area contributed by atoms with Gasteiger partial charge in [-0.3, -0.25) is 0 Å². The molecule has 2 atom stereocenters. The third-order valence-electron chi connectivity index (χ3n) is 5.13. The van der Waals surface area contributed by atoms with E-state index in [1.54, 1.807) is 12.1 Å². The number of nitrogens with zero attached hydrogens (tertiary/aromatic N) is 3. The quantitative estimate of drug-likeness (QED) is 0.522. The summed E-state index contributed by atoms with van der Waals surface area (Å²) in [4.78, 5) is 4.66. The van der Waals surface area contributed by atoms with Crippen molar-refractivity contribution in [1.82, 2.24) is 8.10 Å². The molecule has 1 aromatic heterocycles. The van der Waals surface area contributed by atoms with Gasteiger partial charge in [0.15, 0.2) is 0 Å². The number of benzene rings is 1. The molecule has 0 N–H and O–H groups in total. The molecule has 1 aromatic carbocycles. The van der Waals surface area contributed by atoms with Crippen LogP contribution in [-0.4, -0.2) is 21.2 Å². The first kappa shape index (κ1) is 16.7. The summed E-state index contributed by atoms with van der Waals surface area (Å²) in [5.74, 6) is 1.97. The summed E-state index contributed by atoms with van der Waals surface area (Å²) in [7, 11) is 0. The molecule has 2 fully saturated rings. The van der Waals surface area contributed by atoms with Crippen LogP contribution in [0.5, 0.6) is 5.88 Å². The van der Waals surface area contributed by atoms with Gasteiger partial charge in [-0.1, -0.05) is 12.1 Å². The Morgan fingerprint density at radius 1 is 1.28 bits per heavy atom. The number of hydrogen-bond donors (Lipinski definition) is 0. The van der Waals surface area contributed by atoms with Crippen molar-refractivity contribution in [1.29, 1.82) is 5.26 Å². The van der Waals surface area contributed by atoms with Crippen LogP contribution in [0.2, 0.25) is 0 Å². The Bertz CT molecular complexity index is 826. The van der Waals surface area contributed by atoms with Gasteiger partial charge in [-0.2, -0.15) is 5.26 Å². The number of nitriles is 1. The summed E-state index contributed by atoms with van der Waals surface area (Å²) < 4.78 is 22.0. The van der Waals surface area contributed by atoms with E-state index in [-0.39, 0.29) is 6.61 Å². The predicted octanol–water partition coefficient (Wildman–Crippen LogP) is 4.06. The van der Waals surface area contributed by atoms with E-state index in [4.69, 9.17) is 10.00 Å². The smallest absolute Gasteiger partial charge is 0.213 e. The summed E-state index contributed by atoms with van der Waals surface area (Å²) in [5, 5.41) is 8.80. The van der Waals surface area contributed by atoms with E-state index in [9.17, 15) is 4.39 Å². The van der Waals surface area contributed by atoms with Crippen LogP contribution in [0.25, 0.3) is 0 Å². The minimum atomic E-state index is -0.425. The number of rotatable bonds is 4. The number of pyridine rings is 1. The molecule has 25 heavy (non-hydrogen) atoms. The van der Waals surface area contributed by atoms with E-state index in [0.29, 0.717) is 34.8 Å². The van der Waals surface area contributed by atoms with Crippen LogP contribution in [0, 0.1) is 29.0 Å². The van der Waals surface area contributed by atoms with Gasteiger partial charge in [-0.25, -0.2) is 12.5 Å². The number of ether oxygens (including phenoxy) is 1. The summed E-state index contributed by atoms with van der Waals surface area (Å²) >= 11 is 2.40. The number of hydrogen-bond acceptors (Lipinski definition) is 4. The van der Waals surface area contributed by atoms with Crippen molar-refractivity contribution in [3.05, 3.63) is 59.0 Å². The highest BCUT2D eigenvalue weighted by Gasteiger charge is 2.47. The van der Waals surface area contributed by atoms with Gasteiger partial charge in [-0.15, -0.1) is 0 Å². The van der Waals surface area contributed by atoms with Crippen LogP contribution < -0.4 is 4.74 Å². The van der Waals surface area contributed by atoms with Gasteiger partial charge >= 0.3 is 0 Å². The lowest BCUT2D eigenvalue weighted by Crippen LogP contribution is -2.50. The lowest BCUT2D eigenvalue weighted by atomic mass is 9.61. The Labute approximate surface area is 160 Å². The lowest BCUT2D eigenvalue weighted by Gasteiger charge is -2.51. The fourth-order valence-electron chi connectivity index (χ4n) is 3.90. The molecule has 6 heteroatoms. The zero-order chi connectivity index (χ0) is 17.4. The first-order chi connectivity index (χ1) is 12.1. The molecule has 0 radical (unpaired) electrons. The highest BCUT2D eigenvalue weighted by atomic mass is 127. The summed E-state index contributed by atoms with van der Waals surface area (Å²) in [6.07, 6.45) is 1.29. The van der Waals surface area contributed by atoms with Gasteiger partial charge in [0, 0.05) is 59.2 Å². The van der Waals surface area contributed by atoms with Gasteiger partial charge in [0.05, 0.1) is 11.6 Å². The molecule has 0 amide bonds. The standard InChI is InChI=1S/C19H17FIN3O/c20-16-6-12(8-22)4-5-13(16)11-25-18-3-1-2-17(23-18)19-14-7-15(19)10-24(21)9-14/h1-6,14-15,19H,7,9-11H2. The molecule has 1 saturated carbocycles. The van der Waals surface area contributed by atoms with Crippen molar-refractivity contribution in [3.8, 4) is 11.9 Å². The molecule has 2 heterocycles. The SMILES string of the molecule is N#Cc1ccc(COc2cccc(C3C4CC3CN(I)C4)n2)c(F)c1. The first-order valence-corrected chi connectivity index (χ1v) is 9.29. The van der Waals surface area contributed by atoms with Crippen LogP contribution in [0.4, 0.5) is 4.39 Å². The average molecular weight is 449 g/mol. The first-order valence-electron chi connectivity index (χ1n) is 8.33. The molecule has 128 valence electrons. The molecule has 1 saturated heterocycles. The van der Waals surface area contributed by atoms with Crippen LogP contribution in [0.15, 0.2) is 36.4 Å². The Balaban J connectivity index is 1.45. The third-order valence-corrected chi connectivity index (χ3v) is 5.92. The van der Waals surface area contributed by atoms with Gasteiger partial charge in [-0.05, 0) is 36.5 Å². The van der Waals surface area contributed by atoms with Crippen molar-refractivity contribution in [2.45, 2.75) is 18.9 Å². The molecule has 0 spiro atoms. The minimum absolute atomic E-state index is 0.104. The fourth-order valence-corrected chi connectivity index (χ4v) is 4.91. The number of piperidine rings is 2. The molecule has 4 rings (SSSR count). The Morgan fingerprint density at radius 2 is 2.08 bits per heavy atom. The van der Waals surface area contributed by atoms with Crippen molar-refractivity contribution in [2.75, 3.05) is 13.1 Å². The van der Waals surface area contributed by atoms with Crippen LogP contribution >= 0.6 is 22.9 Å². The Hall–Kier alpha value is -1.72. The minimum Gasteiger partial charge on any atom is -0.473 e. The maximum Gasteiger partial charge on any atom is 0.213 e. The second-order valence-corrected chi connectivity index (χ2v) is 8.08. The summed E-state index contributed by atoms with van der Waals surface area (Å²) in [6.45, 7) is 2.34. The van der Waals surface area contributed by atoms with Gasteiger partial charge in [0.1, 0.15) is 12.4 Å². The van der Waals surface area contributed by atoms with E-state index < -0.39 is 5.82 Å². The number of fused-ring (bicyclic) bond motifs is 2. The number of halogens is 2. The monoisotopic (exact) mass is 449 g/mol. The Morgan fingerprint density at radius 3 is 2.80 bits per heavy atom. The highest BCUT2D eigenvalue weighted by Crippen LogP contribution is 2.51. The van der Waals surface area contributed by atoms with E-state index in [1.165, 1.54) is 12.5 Å². The molecule has 2 bridgehead atoms. The Kier molecular flexibility index (Phi) is 4.61. The van der Waals surface area contributed by atoms with E-state index in [2.05, 4.69) is 37.0 Å². The molecule has 2 aliphatic rings. The van der Waals surface area contributed by atoms with Crippen LogP contribution in [0.3, 0.4) is 0 Å². The van der Waals surface area contributed by atoms with Gasteiger partial charge in [0.2, 0.25) is 5.88 Å². The highest BCUT2D eigenvalue weighted by molar-refractivity contribution is 14.1. The number of aromatic nitrogens is 1. The fraction of sp³-hybridized carbons (Fsp3) is 0.368. The van der Waals surface area contributed by atoms with E-state index in [0.717, 1.165) is 18.8 Å². The van der Waals surface area contributed by atoms with Crippen molar-refractivity contribution < 1.29 is 9.13 Å². The summed E-state index contributed by atoms with van der Waals surface area (Å²) in [6, 6.07) is 12.2. The van der Waals surface area contributed by atoms with Crippen molar-refractivity contribution in [2.24, 2.45) is 11.8 Å². The molecule has 2 aromatic rings. The maximum atomic E-state index is 13.9. The van der Waals surface area contributed by atoms with E-state index >= 15 is 0 Å². The third kappa shape index (κ3) is 3.35. The molecule has 1 aliphatic heterocycles. The zero-order valence-corrected chi connectivity index (χ0v) is 15.7. The van der Waals surface area contributed by atoms with Gasteiger partial charge < -0.3 is 4.74 Å². The lowest BCUT2D eigenvalue weighted by molar-refractivity contribution is 0.0522. The second-order valence-electron chi connectivity index (χ2n) is 6.72. The predicted molar refractivity (Wildman–Crippen MR) is 99.6 cm³/mol. The maximum absolute atomic E-state index is 13.9. The van der Waals surface area contributed by atoms with Crippen molar-refractivity contribution >= 4 is 22.9 Å². The second kappa shape index (κ2) is 6.89. The normalized spacial score (nSPS) is 25.1. The largest absolute Gasteiger partial charge is 0.473 e. The van der Waals surface area contributed by atoms with Gasteiger partial charge in [0.25, 0.3) is 0 Å².